The van der Waals surface area contributed by atoms with Crippen molar-refractivity contribution in [2.24, 2.45) is 0 Å². The van der Waals surface area contributed by atoms with Crippen molar-refractivity contribution < 1.29 is 10.0 Å². The lowest BCUT2D eigenvalue weighted by molar-refractivity contribution is -0.128. The molecule has 0 spiro atoms. The first-order valence-corrected chi connectivity index (χ1v) is 6.40. The minimum absolute atomic E-state index is 0.228. The van der Waals surface area contributed by atoms with Crippen LogP contribution in [-0.2, 0) is 11.2 Å². The molecule has 0 saturated heterocycles. The number of benzene rings is 1. The lowest BCUT2D eigenvalue weighted by Crippen LogP contribution is -2.20. The Morgan fingerprint density at radius 3 is 2.88 bits per heavy atom. The predicted octanol–water partition coefficient (Wildman–Crippen LogP) is 2.63. The fraction of sp³-hybridized carbons (Fsp3) is 0.417. The lowest BCUT2D eigenvalue weighted by atomic mass is 10.1. The minimum Gasteiger partial charge on any atom is -0.289 e. The zero-order valence-electron chi connectivity index (χ0n) is 9.40. The van der Waals surface area contributed by atoms with Gasteiger partial charge in [0.25, 0.3) is 0 Å². The van der Waals surface area contributed by atoms with Crippen LogP contribution in [0, 0.1) is 0 Å². The van der Waals surface area contributed by atoms with Crippen LogP contribution in [0.15, 0.2) is 29.2 Å². The van der Waals surface area contributed by atoms with Crippen molar-refractivity contribution in [3.63, 3.8) is 0 Å². The molecule has 0 atom stereocenters. The van der Waals surface area contributed by atoms with E-state index in [9.17, 15) is 4.79 Å². The minimum atomic E-state index is -0.372. The third-order valence-corrected chi connectivity index (χ3v) is 3.41. The second kappa shape index (κ2) is 7.30. The van der Waals surface area contributed by atoms with E-state index in [0.29, 0.717) is 0 Å². The molecule has 0 heterocycles. The molecule has 16 heavy (non-hydrogen) atoms. The van der Waals surface area contributed by atoms with E-state index in [1.807, 2.05) is 24.3 Å². The van der Waals surface area contributed by atoms with Crippen molar-refractivity contribution in [1.29, 1.82) is 0 Å². The van der Waals surface area contributed by atoms with Gasteiger partial charge in [-0.05, 0) is 23.8 Å². The normalized spacial score (nSPS) is 10.1. The van der Waals surface area contributed by atoms with E-state index in [1.54, 1.807) is 17.2 Å². The van der Waals surface area contributed by atoms with Crippen LogP contribution in [0.1, 0.15) is 25.3 Å². The lowest BCUT2D eigenvalue weighted by Gasteiger charge is -2.07. The van der Waals surface area contributed by atoms with Gasteiger partial charge in [-0.15, -0.1) is 11.8 Å². The van der Waals surface area contributed by atoms with E-state index >= 15 is 0 Å². The number of amides is 1. The van der Waals surface area contributed by atoms with Gasteiger partial charge in [-0.3, -0.25) is 10.0 Å². The maximum Gasteiger partial charge on any atom is 0.247 e. The highest BCUT2D eigenvalue weighted by atomic mass is 32.2. The first-order chi connectivity index (χ1) is 7.77. The molecule has 1 aromatic rings. The van der Waals surface area contributed by atoms with E-state index in [1.165, 1.54) is 12.8 Å². The summed E-state index contributed by atoms with van der Waals surface area (Å²) in [5.41, 5.74) is 2.63. The van der Waals surface area contributed by atoms with Crippen molar-refractivity contribution in [3.8, 4) is 0 Å². The number of unbranched alkanes of at least 4 members (excludes halogenated alkanes) is 1. The van der Waals surface area contributed by atoms with Crippen LogP contribution >= 0.6 is 11.8 Å². The van der Waals surface area contributed by atoms with E-state index in [2.05, 4.69) is 6.92 Å². The number of hydrogen-bond acceptors (Lipinski definition) is 3. The summed E-state index contributed by atoms with van der Waals surface area (Å²) in [6, 6.07) is 7.81. The third kappa shape index (κ3) is 4.24. The van der Waals surface area contributed by atoms with Crippen LogP contribution < -0.4 is 5.48 Å². The van der Waals surface area contributed by atoms with Crippen molar-refractivity contribution in [3.05, 3.63) is 29.8 Å². The Labute approximate surface area is 100 Å². The van der Waals surface area contributed by atoms with Crippen LogP contribution in [0.3, 0.4) is 0 Å². The number of thioether (sulfide) groups is 1. The van der Waals surface area contributed by atoms with Gasteiger partial charge in [-0.25, -0.2) is 5.48 Å². The van der Waals surface area contributed by atoms with Gasteiger partial charge >= 0.3 is 0 Å². The SMILES string of the molecule is CCCCSc1ccccc1CC(=O)NO. The van der Waals surface area contributed by atoms with Gasteiger partial charge in [0.15, 0.2) is 0 Å². The highest BCUT2D eigenvalue weighted by molar-refractivity contribution is 7.99. The standard InChI is InChI=1S/C12H17NO2S/c1-2-3-8-16-11-7-5-4-6-10(11)9-12(14)13-15/h4-7,15H,2-3,8-9H2,1H3,(H,13,14). The fourth-order valence-corrected chi connectivity index (χ4v) is 2.48. The fourth-order valence-electron chi connectivity index (χ4n) is 1.33. The first kappa shape index (κ1) is 13.1. The molecule has 3 nitrogen and oxygen atoms in total. The van der Waals surface area contributed by atoms with Crippen LogP contribution in [0.25, 0.3) is 0 Å². The molecule has 0 radical (unpaired) electrons. The molecule has 0 fully saturated rings. The van der Waals surface area contributed by atoms with Crippen molar-refractivity contribution >= 4 is 17.7 Å². The average molecular weight is 239 g/mol. The number of rotatable bonds is 6. The molecular formula is C12H17NO2S. The average Bonchev–Trinajstić information content (AvgIpc) is 2.31. The summed E-state index contributed by atoms with van der Waals surface area (Å²) in [7, 11) is 0. The number of hydroxylamine groups is 1. The van der Waals surface area contributed by atoms with Gasteiger partial charge in [0, 0.05) is 4.90 Å². The first-order valence-electron chi connectivity index (χ1n) is 5.41. The van der Waals surface area contributed by atoms with E-state index < -0.39 is 0 Å². The van der Waals surface area contributed by atoms with E-state index in [-0.39, 0.29) is 12.3 Å². The molecule has 0 aromatic heterocycles. The van der Waals surface area contributed by atoms with Crippen molar-refractivity contribution in [1.82, 2.24) is 5.48 Å². The number of carbonyl (C=O) groups is 1. The van der Waals surface area contributed by atoms with Gasteiger partial charge < -0.3 is 0 Å². The smallest absolute Gasteiger partial charge is 0.247 e. The summed E-state index contributed by atoms with van der Waals surface area (Å²) in [6.07, 6.45) is 2.57. The largest absolute Gasteiger partial charge is 0.289 e. The number of nitrogens with one attached hydrogen (secondary N) is 1. The summed E-state index contributed by atoms with van der Waals surface area (Å²) < 4.78 is 0. The van der Waals surface area contributed by atoms with E-state index in [4.69, 9.17) is 5.21 Å². The molecule has 2 N–H and O–H groups in total. The molecular weight excluding hydrogens is 222 g/mol. The topological polar surface area (TPSA) is 49.3 Å². The molecule has 0 saturated carbocycles. The van der Waals surface area contributed by atoms with Crippen LogP contribution in [0.2, 0.25) is 0 Å². The summed E-state index contributed by atoms with van der Waals surface area (Å²) in [6.45, 7) is 2.16. The quantitative estimate of drug-likeness (QED) is 0.347. The molecule has 0 aliphatic heterocycles. The molecule has 88 valence electrons. The molecule has 1 rings (SSSR count). The highest BCUT2D eigenvalue weighted by Gasteiger charge is 2.06. The third-order valence-electron chi connectivity index (χ3n) is 2.20. The second-order valence-corrected chi connectivity index (χ2v) is 4.66. The summed E-state index contributed by atoms with van der Waals surface area (Å²) in [4.78, 5) is 12.2. The predicted molar refractivity (Wildman–Crippen MR) is 65.7 cm³/mol. The Bertz CT molecular complexity index is 342. The monoisotopic (exact) mass is 239 g/mol. The van der Waals surface area contributed by atoms with Crippen molar-refractivity contribution in [2.75, 3.05) is 5.75 Å². The molecule has 0 aliphatic rings. The molecule has 1 amide bonds. The van der Waals surface area contributed by atoms with Gasteiger partial charge in [-0.1, -0.05) is 31.5 Å². The van der Waals surface area contributed by atoms with Crippen molar-refractivity contribution in [2.45, 2.75) is 31.1 Å². The maximum absolute atomic E-state index is 11.1. The summed E-state index contributed by atoms with van der Waals surface area (Å²) in [5.74, 6) is 0.692. The number of carbonyl (C=O) groups excluding carboxylic acids is 1. The zero-order valence-corrected chi connectivity index (χ0v) is 10.2. The zero-order chi connectivity index (χ0) is 11.8. The Morgan fingerprint density at radius 1 is 1.44 bits per heavy atom. The van der Waals surface area contributed by atoms with Crippen LogP contribution in [0.4, 0.5) is 0 Å². The Kier molecular flexibility index (Phi) is 5.96. The van der Waals surface area contributed by atoms with Crippen LogP contribution in [-0.4, -0.2) is 16.9 Å². The summed E-state index contributed by atoms with van der Waals surface area (Å²) in [5, 5.41) is 8.49. The van der Waals surface area contributed by atoms with Crippen LogP contribution in [0.5, 0.6) is 0 Å². The van der Waals surface area contributed by atoms with Gasteiger partial charge in [0.1, 0.15) is 0 Å². The van der Waals surface area contributed by atoms with Gasteiger partial charge in [0.05, 0.1) is 6.42 Å². The maximum atomic E-state index is 11.1. The Morgan fingerprint density at radius 2 is 2.19 bits per heavy atom. The van der Waals surface area contributed by atoms with Gasteiger partial charge in [-0.2, -0.15) is 0 Å². The second-order valence-electron chi connectivity index (χ2n) is 3.52. The van der Waals surface area contributed by atoms with E-state index in [0.717, 1.165) is 16.2 Å². The Hall–Kier alpha value is -1.00. The number of hydrogen-bond donors (Lipinski definition) is 2. The van der Waals surface area contributed by atoms with Gasteiger partial charge in [0.2, 0.25) is 5.91 Å². The summed E-state index contributed by atoms with van der Waals surface area (Å²) >= 11 is 1.76. The molecule has 0 bridgehead atoms. The molecule has 0 aliphatic carbocycles. The molecule has 0 unspecified atom stereocenters. The molecule has 1 aromatic carbocycles. The Balaban J connectivity index is 2.63. The molecule has 4 heteroatoms. The highest BCUT2D eigenvalue weighted by Crippen LogP contribution is 2.23.